The van der Waals surface area contributed by atoms with Crippen LogP contribution in [0.2, 0.25) is 0 Å². The van der Waals surface area contributed by atoms with Crippen molar-refractivity contribution < 1.29 is 42.6 Å². The molecule has 10 heteroatoms. The summed E-state index contributed by atoms with van der Waals surface area (Å²) in [6, 6.07) is 19.3. The van der Waals surface area contributed by atoms with Gasteiger partial charge >= 0.3 is 0 Å². The number of aromatic nitrogens is 3. The van der Waals surface area contributed by atoms with Crippen LogP contribution in [-0.2, 0) is 32.7 Å². The third-order valence-electron chi connectivity index (χ3n) is 4.20. The first-order valence-corrected chi connectivity index (χ1v) is 10.3. The first-order valence-electron chi connectivity index (χ1n) is 9.52. The number of nitrogens with zero attached hydrogens (tertiary/aromatic N) is 3. The van der Waals surface area contributed by atoms with Crippen LogP contribution >= 0.6 is 11.8 Å². The number of aliphatic hydroxyl groups is 1. The third kappa shape index (κ3) is 7.66. The van der Waals surface area contributed by atoms with E-state index in [0.717, 1.165) is 32.1 Å². The Morgan fingerprint density at radius 1 is 1.15 bits per heavy atom. The maximum atomic E-state index is 12.1. The minimum atomic E-state index is -0.833. The molecule has 161 valence electrons. The van der Waals surface area contributed by atoms with Crippen molar-refractivity contribution in [3.05, 3.63) is 83.8 Å². The molecule has 0 aliphatic heterocycles. The summed E-state index contributed by atoms with van der Waals surface area (Å²) in [4.78, 5) is 18.3. The van der Waals surface area contributed by atoms with Crippen molar-refractivity contribution in [2.75, 3.05) is 7.05 Å². The van der Waals surface area contributed by atoms with Gasteiger partial charge in [-0.2, -0.15) is 0 Å². The first kappa shape index (κ1) is 26.5. The molecule has 3 N–H and O–H groups in total. The molecule has 0 aliphatic rings. The fourth-order valence-electron chi connectivity index (χ4n) is 2.80. The molecule has 4 rings (SSSR count). The van der Waals surface area contributed by atoms with Gasteiger partial charge in [-0.3, -0.25) is 15.2 Å². The summed E-state index contributed by atoms with van der Waals surface area (Å²) in [6.45, 7) is 0. The summed E-state index contributed by atoms with van der Waals surface area (Å²) in [5.74, 6) is -0.931. The summed E-state index contributed by atoms with van der Waals surface area (Å²) in [6.07, 6.45) is 5.60. The molecule has 3 radical (unpaired) electrons. The Bertz CT molecular complexity index is 1260. The number of fused-ring (bicyclic) bond motifs is 1. The average molecular weight is 529 g/mol. The van der Waals surface area contributed by atoms with Gasteiger partial charge in [-0.1, -0.05) is 42.1 Å². The number of aliphatic hydroxyl groups excluding tert-OH is 1. The number of amides is 1. The minimum Gasteiger partial charge on any atom is -0.574 e. The predicted octanol–water partition coefficient (Wildman–Crippen LogP) is 3.91. The van der Waals surface area contributed by atoms with Crippen LogP contribution in [-0.4, -0.2) is 41.8 Å². The zero-order chi connectivity index (χ0) is 22.9. The number of hydrogen-bond acceptors (Lipinski definition) is 5. The molecule has 0 atom stereocenters. The number of hydrogen-bond donors (Lipinski definition) is 3. The van der Waals surface area contributed by atoms with E-state index >= 15 is 0 Å². The predicted molar refractivity (Wildman–Crippen MR) is 128 cm³/mol. The van der Waals surface area contributed by atoms with Gasteiger partial charge in [0.15, 0.2) is 7.85 Å². The molecule has 0 fully saturated rings. The van der Waals surface area contributed by atoms with Gasteiger partial charge in [-0.15, -0.1) is 5.52 Å². The standard InChI is InChI=1S/C22H18N4OS.CH2BNO.Y/c1-23-22(27)18-7-2-3-8-21(18)28-16-10-11-17-19(25-26-20(17)14-16)12-9-15-6-4-5-13-24-15;2-1(3)4;/h2-14H,1H3,(H2,23,24,25,26,27);(H2,3,4);/p-1. The van der Waals surface area contributed by atoms with E-state index in [9.17, 15) is 4.79 Å². The molecule has 2 aromatic carbocycles. The smallest absolute Gasteiger partial charge is 0.252 e. The second-order valence-electron chi connectivity index (χ2n) is 6.41. The minimum absolute atomic E-state index is 0. The maximum Gasteiger partial charge on any atom is 0.252 e. The van der Waals surface area contributed by atoms with E-state index in [-0.39, 0.29) is 38.6 Å². The van der Waals surface area contributed by atoms with Gasteiger partial charge in [-0.25, -0.2) is 0 Å². The number of benzene rings is 2. The summed E-state index contributed by atoms with van der Waals surface area (Å²) in [5.41, 5.74) is 3.16. The molecule has 0 unspecified atom stereocenters. The quantitative estimate of drug-likeness (QED) is 0.205. The van der Waals surface area contributed by atoms with Crippen molar-refractivity contribution in [3.8, 4) is 0 Å². The maximum absolute atomic E-state index is 12.1. The molecule has 1 amide bonds. The number of carbonyl (C=O) groups is 1. The van der Waals surface area contributed by atoms with Crippen molar-refractivity contribution in [2.45, 2.75) is 9.79 Å². The van der Waals surface area contributed by atoms with Crippen molar-refractivity contribution >= 4 is 54.4 Å². The number of nitrogens with one attached hydrogen (secondary N) is 2. The number of rotatable bonds is 5. The van der Waals surface area contributed by atoms with Crippen molar-refractivity contribution in [1.29, 1.82) is 5.41 Å². The zero-order valence-corrected chi connectivity index (χ0v) is 21.4. The molecule has 2 heterocycles. The van der Waals surface area contributed by atoms with Crippen LogP contribution in [0.4, 0.5) is 0 Å². The Labute approximate surface area is 222 Å². The molecule has 7 nitrogen and oxygen atoms in total. The fraction of sp³-hybridized carbons (Fsp3) is 0.0435. The van der Waals surface area contributed by atoms with E-state index in [4.69, 9.17) is 10.5 Å². The molecule has 0 saturated heterocycles. The molecule has 2 aromatic heterocycles. The SMILES string of the molecule is CNC(=O)c1ccccc1Sc1ccc2c(/C=C/c3ccccn3)n[n-]c2c1.[B]C(=N)O.[Y]. The molecule has 0 spiro atoms. The van der Waals surface area contributed by atoms with Crippen LogP contribution in [0.25, 0.3) is 23.1 Å². The van der Waals surface area contributed by atoms with Gasteiger partial charge in [0.05, 0.1) is 11.3 Å². The number of carbonyl (C=O) groups excluding carboxylic acids is 1. The number of pyridine rings is 1. The molecule has 0 saturated carbocycles. The van der Waals surface area contributed by atoms with Crippen LogP contribution < -0.4 is 10.4 Å². The molecule has 33 heavy (non-hydrogen) atoms. The topological polar surface area (TPSA) is 113 Å². The van der Waals surface area contributed by atoms with Crippen LogP contribution in [0.15, 0.2) is 76.7 Å². The van der Waals surface area contributed by atoms with E-state index in [1.165, 1.54) is 11.8 Å². The van der Waals surface area contributed by atoms with Crippen LogP contribution in [0.3, 0.4) is 0 Å². The normalized spacial score (nSPS) is 10.2. The summed E-state index contributed by atoms with van der Waals surface area (Å²) < 4.78 is 0. The Morgan fingerprint density at radius 3 is 2.58 bits per heavy atom. The van der Waals surface area contributed by atoms with Gasteiger partial charge in [0.25, 0.3) is 5.91 Å². The van der Waals surface area contributed by atoms with Crippen molar-refractivity contribution in [1.82, 2.24) is 20.5 Å². The van der Waals surface area contributed by atoms with E-state index in [2.05, 4.69) is 28.3 Å². The second-order valence-corrected chi connectivity index (χ2v) is 7.53. The molecule has 0 aliphatic carbocycles. The summed E-state index contributed by atoms with van der Waals surface area (Å²) in [7, 11) is 5.88. The Morgan fingerprint density at radius 2 is 1.88 bits per heavy atom. The Kier molecular flexibility index (Phi) is 10.5. The van der Waals surface area contributed by atoms with Gasteiger partial charge < -0.3 is 20.6 Å². The van der Waals surface area contributed by atoms with Crippen LogP contribution in [0, 0.1) is 5.41 Å². The third-order valence-corrected chi connectivity index (χ3v) is 5.26. The van der Waals surface area contributed by atoms with E-state index in [0.29, 0.717) is 5.56 Å². The van der Waals surface area contributed by atoms with Crippen LogP contribution in [0.1, 0.15) is 21.7 Å². The second kappa shape index (κ2) is 13.1. The van der Waals surface area contributed by atoms with Crippen molar-refractivity contribution in [3.63, 3.8) is 0 Å². The summed E-state index contributed by atoms with van der Waals surface area (Å²) >= 11 is 1.54. The van der Waals surface area contributed by atoms with E-state index in [1.54, 1.807) is 13.2 Å². The monoisotopic (exact) mass is 529 g/mol. The van der Waals surface area contributed by atoms with E-state index in [1.807, 2.05) is 72.8 Å². The van der Waals surface area contributed by atoms with Gasteiger partial charge in [0.2, 0.25) is 0 Å². The average Bonchev–Trinajstić information content (AvgIpc) is 3.20. The molecule has 4 aromatic rings. The molecular formula is C23H19BN5O2SY-. The summed E-state index contributed by atoms with van der Waals surface area (Å²) in [5, 5.41) is 25.5. The fourth-order valence-corrected chi connectivity index (χ4v) is 3.78. The first-order chi connectivity index (χ1) is 15.5. The Hall–Kier alpha value is -2.74. The largest absolute Gasteiger partial charge is 0.574 e. The van der Waals surface area contributed by atoms with Gasteiger partial charge in [0.1, 0.15) is 5.80 Å². The Balaban J connectivity index is 0.000000714. The van der Waals surface area contributed by atoms with E-state index < -0.39 is 5.80 Å². The van der Waals surface area contributed by atoms with Gasteiger partial charge in [0, 0.05) is 61.4 Å². The zero-order valence-electron chi connectivity index (χ0n) is 17.8. The van der Waals surface area contributed by atoms with Gasteiger partial charge in [-0.05, 0) is 47.9 Å². The van der Waals surface area contributed by atoms with Crippen molar-refractivity contribution in [2.24, 2.45) is 0 Å². The molecule has 0 bridgehead atoms. The van der Waals surface area contributed by atoms with Crippen LogP contribution in [0.5, 0.6) is 0 Å². The molecular weight excluding hydrogens is 510 g/mol.